The fraction of sp³-hybridized carbons (Fsp3) is 0.769. The zero-order valence-electron chi connectivity index (χ0n) is 13.2. The minimum atomic E-state index is -5.23. The van der Waals surface area contributed by atoms with Crippen LogP contribution in [0.5, 0.6) is 0 Å². The normalized spacial score (nSPS) is 13.1. The first kappa shape index (κ1) is 23.0. The number of alkyl halides is 6. The Balaban J connectivity index is 4.60. The Hall–Kier alpha value is -2.01. The molecule has 25 heavy (non-hydrogen) atoms. The summed E-state index contributed by atoms with van der Waals surface area (Å²) in [5.41, 5.74) is 0. The fourth-order valence-electron chi connectivity index (χ4n) is 1.52. The standard InChI is InChI=1S/C13H18F6N2O4/c1-2-3-7-25-9(22)8(21-11(24)13(17,18)19)5-4-6-20-10(23)12(14,15)16/h8H,2-7H2,1H3,(H,20,23)(H,21,24)/t8-/m0/s1. The van der Waals surface area contributed by atoms with E-state index in [9.17, 15) is 40.7 Å². The molecule has 12 heteroatoms. The molecule has 0 bridgehead atoms. The van der Waals surface area contributed by atoms with Crippen LogP contribution in [0, 0.1) is 0 Å². The summed E-state index contributed by atoms with van der Waals surface area (Å²) in [6.07, 6.45) is -9.95. The molecule has 0 heterocycles. The molecule has 0 aromatic heterocycles. The van der Waals surface area contributed by atoms with Crippen molar-refractivity contribution >= 4 is 17.8 Å². The second kappa shape index (κ2) is 10.1. The number of nitrogens with one attached hydrogen (secondary N) is 2. The van der Waals surface area contributed by atoms with Gasteiger partial charge in [-0.1, -0.05) is 13.3 Å². The summed E-state index contributed by atoms with van der Waals surface area (Å²) < 4.78 is 77.4. The summed E-state index contributed by atoms with van der Waals surface area (Å²) in [6.45, 7) is 1.16. The molecule has 0 rings (SSSR count). The van der Waals surface area contributed by atoms with Crippen molar-refractivity contribution in [1.29, 1.82) is 0 Å². The third kappa shape index (κ3) is 9.77. The molecule has 0 saturated heterocycles. The van der Waals surface area contributed by atoms with E-state index in [4.69, 9.17) is 4.74 Å². The topological polar surface area (TPSA) is 84.5 Å². The summed E-state index contributed by atoms with van der Waals surface area (Å²) in [4.78, 5) is 33.2. The average Bonchev–Trinajstić information content (AvgIpc) is 2.47. The molecule has 2 N–H and O–H groups in total. The predicted molar refractivity (Wildman–Crippen MR) is 72.2 cm³/mol. The van der Waals surface area contributed by atoms with E-state index in [-0.39, 0.29) is 13.0 Å². The Kier molecular flexibility index (Phi) is 9.28. The lowest BCUT2D eigenvalue weighted by Gasteiger charge is -2.18. The third-order valence-electron chi connectivity index (χ3n) is 2.80. The minimum absolute atomic E-state index is 0.0709. The Morgan fingerprint density at radius 2 is 1.52 bits per heavy atom. The van der Waals surface area contributed by atoms with Crippen molar-refractivity contribution in [2.24, 2.45) is 0 Å². The van der Waals surface area contributed by atoms with Crippen molar-refractivity contribution in [3.05, 3.63) is 0 Å². The molecular formula is C13H18F6N2O4. The highest BCUT2D eigenvalue weighted by Crippen LogP contribution is 2.16. The van der Waals surface area contributed by atoms with Gasteiger partial charge in [-0.3, -0.25) is 9.59 Å². The maximum atomic E-state index is 12.3. The third-order valence-corrected chi connectivity index (χ3v) is 2.80. The van der Waals surface area contributed by atoms with Crippen LogP contribution in [0.25, 0.3) is 0 Å². The molecule has 0 aromatic rings. The number of carbonyl (C=O) groups is 3. The van der Waals surface area contributed by atoms with E-state index in [2.05, 4.69) is 0 Å². The second-order valence-electron chi connectivity index (χ2n) is 4.94. The van der Waals surface area contributed by atoms with Crippen LogP contribution < -0.4 is 10.6 Å². The Bertz CT molecular complexity index is 464. The predicted octanol–water partition coefficient (Wildman–Crippen LogP) is 1.84. The summed E-state index contributed by atoms with van der Waals surface area (Å²) in [7, 11) is 0. The average molecular weight is 380 g/mol. The van der Waals surface area contributed by atoms with E-state index in [1.807, 2.05) is 0 Å². The number of hydrogen-bond donors (Lipinski definition) is 2. The van der Waals surface area contributed by atoms with Crippen LogP contribution in [0.4, 0.5) is 26.3 Å². The van der Waals surface area contributed by atoms with Gasteiger partial charge >= 0.3 is 30.1 Å². The SMILES string of the molecule is CCCCOC(=O)[C@H](CCCNC(=O)C(F)(F)F)NC(=O)C(F)(F)F. The highest BCUT2D eigenvalue weighted by Gasteiger charge is 2.41. The first-order chi connectivity index (χ1) is 11.4. The van der Waals surface area contributed by atoms with E-state index >= 15 is 0 Å². The smallest absolute Gasteiger partial charge is 0.464 e. The molecule has 1 atom stereocenters. The van der Waals surface area contributed by atoms with Crippen LogP contribution in [-0.4, -0.2) is 49.3 Å². The van der Waals surface area contributed by atoms with Crippen molar-refractivity contribution in [3.63, 3.8) is 0 Å². The van der Waals surface area contributed by atoms with E-state index in [1.165, 1.54) is 10.6 Å². The number of rotatable bonds is 9. The number of amides is 2. The van der Waals surface area contributed by atoms with Crippen molar-refractivity contribution in [1.82, 2.24) is 10.6 Å². The van der Waals surface area contributed by atoms with Gasteiger partial charge in [0.05, 0.1) is 6.61 Å². The number of hydrogen-bond acceptors (Lipinski definition) is 4. The van der Waals surface area contributed by atoms with E-state index in [1.54, 1.807) is 6.92 Å². The quantitative estimate of drug-likeness (QED) is 0.363. The van der Waals surface area contributed by atoms with Crippen molar-refractivity contribution < 1.29 is 45.5 Å². The summed E-state index contributed by atoms with van der Waals surface area (Å²) in [5.74, 6) is -5.72. The van der Waals surface area contributed by atoms with Gasteiger partial charge in [-0.15, -0.1) is 0 Å². The van der Waals surface area contributed by atoms with Crippen LogP contribution in [0.2, 0.25) is 0 Å². The van der Waals surface area contributed by atoms with E-state index in [0.717, 1.165) is 0 Å². The number of ether oxygens (including phenoxy) is 1. The Morgan fingerprint density at radius 1 is 0.960 bits per heavy atom. The molecule has 0 aliphatic carbocycles. The number of unbranched alkanes of at least 4 members (excludes halogenated alkanes) is 1. The summed E-state index contributed by atoms with van der Waals surface area (Å²) in [5, 5.41) is 2.93. The maximum Gasteiger partial charge on any atom is 0.471 e. The molecule has 0 unspecified atom stereocenters. The van der Waals surface area contributed by atoms with Gasteiger partial charge in [0.2, 0.25) is 0 Å². The Labute approximate surface area is 139 Å². The first-order valence-corrected chi connectivity index (χ1v) is 7.29. The number of halogens is 6. The van der Waals surface area contributed by atoms with Crippen LogP contribution in [0.3, 0.4) is 0 Å². The van der Waals surface area contributed by atoms with E-state index < -0.39 is 49.1 Å². The van der Waals surface area contributed by atoms with Gasteiger partial charge in [0, 0.05) is 6.54 Å². The highest BCUT2D eigenvalue weighted by molar-refractivity contribution is 5.87. The van der Waals surface area contributed by atoms with Gasteiger partial charge in [0.1, 0.15) is 6.04 Å². The summed E-state index contributed by atoms with van der Waals surface area (Å²) >= 11 is 0. The minimum Gasteiger partial charge on any atom is -0.464 e. The molecule has 0 radical (unpaired) electrons. The molecule has 0 spiro atoms. The molecule has 0 aliphatic heterocycles. The molecule has 146 valence electrons. The number of carbonyl (C=O) groups excluding carboxylic acids is 3. The summed E-state index contributed by atoms with van der Waals surface area (Å²) in [6, 6.07) is -1.69. The van der Waals surface area contributed by atoms with Gasteiger partial charge in [0.25, 0.3) is 0 Å². The van der Waals surface area contributed by atoms with E-state index in [0.29, 0.717) is 12.8 Å². The number of esters is 1. The zero-order valence-corrected chi connectivity index (χ0v) is 13.2. The second-order valence-corrected chi connectivity index (χ2v) is 4.94. The van der Waals surface area contributed by atoms with Crippen molar-refractivity contribution in [2.45, 2.75) is 51.0 Å². The van der Waals surface area contributed by atoms with Crippen LogP contribution >= 0.6 is 0 Å². The van der Waals surface area contributed by atoms with Crippen LogP contribution in [0.1, 0.15) is 32.6 Å². The maximum absolute atomic E-state index is 12.3. The van der Waals surface area contributed by atoms with Gasteiger partial charge in [-0.2, -0.15) is 26.3 Å². The van der Waals surface area contributed by atoms with Crippen LogP contribution in [0.15, 0.2) is 0 Å². The molecule has 2 amide bonds. The lowest BCUT2D eigenvalue weighted by molar-refractivity contribution is -0.176. The van der Waals surface area contributed by atoms with Crippen LogP contribution in [-0.2, 0) is 19.1 Å². The van der Waals surface area contributed by atoms with Gasteiger partial charge in [0.15, 0.2) is 0 Å². The molecule has 6 nitrogen and oxygen atoms in total. The highest BCUT2D eigenvalue weighted by atomic mass is 19.4. The fourth-order valence-corrected chi connectivity index (χ4v) is 1.52. The molecular weight excluding hydrogens is 362 g/mol. The molecule has 0 fully saturated rings. The molecule has 0 aliphatic rings. The first-order valence-electron chi connectivity index (χ1n) is 7.29. The van der Waals surface area contributed by atoms with Gasteiger partial charge < -0.3 is 15.4 Å². The monoisotopic (exact) mass is 380 g/mol. The molecule has 0 aromatic carbocycles. The van der Waals surface area contributed by atoms with Gasteiger partial charge in [-0.05, 0) is 19.3 Å². The van der Waals surface area contributed by atoms with Crippen molar-refractivity contribution in [3.8, 4) is 0 Å². The molecule has 0 saturated carbocycles. The largest absolute Gasteiger partial charge is 0.471 e. The van der Waals surface area contributed by atoms with Gasteiger partial charge in [-0.25, -0.2) is 4.79 Å². The Morgan fingerprint density at radius 3 is 2.00 bits per heavy atom. The lowest BCUT2D eigenvalue weighted by atomic mass is 10.1. The van der Waals surface area contributed by atoms with Crippen molar-refractivity contribution in [2.75, 3.05) is 13.2 Å². The zero-order chi connectivity index (χ0) is 19.7. The lowest BCUT2D eigenvalue weighted by Crippen LogP contribution is -2.48.